The van der Waals surface area contributed by atoms with E-state index in [2.05, 4.69) is 36.9 Å². The molecule has 0 heterocycles. The van der Waals surface area contributed by atoms with Crippen LogP contribution in [-0.2, 0) is 0 Å². The summed E-state index contributed by atoms with van der Waals surface area (Å²) in [5, 5.41) is 0. The van der Waals surface area contributed by atoms with E-state index in [9.17, 15) is 4.79 Å². The molecule has 0 aliphatic rings. The number of aryl methyl sites for hydroxylation is 1. The second kappa shape index (κ2) is 8.43. The lowest BCUT2D eigenvalue weighted by Crippen LogP contribution is -2.29. The molecule has 26 heavy (non-hydrogen) atoms. The van der Waals surface area contributed by atoms with E-state index in [4.69, 9.17) is 0 Å². The van der Waals surface area contributed by atoms with Crippen LogP contribution in [0.1, 0.15) is 15.9 Å². The van der Waals surface area contributed by atoms with E-state index in [-0.39, 0.29) is 5.91 Å². The monoisotopic (exact) mass is 470 g/mol. The first-order chi connectivity index (χ1) is 12.5. The number of nitrogens with zero attached hydrogens (tertiary/aromatic N) is 2. The molecular weight excluding hydrogens is 456 g/mol. The zero-order valence-electron chi connectivity index (χ0n) is 14.1. The molecule has 0 bridgehead atoms. The molecule has 3 rings (SSSR count). The number of hydrogen-bond acceptors (Lipinski definition) is 2. The molecule has 3 aromatic rings. The van der Waals surface area contributed by atoms with E-state index >= 15 is 0 Å². The van der Waals surface area contributed by atoms with Crippen LogP contribution >= 0.6 is 31.9 Å². The molecule has 0 N–H and O–H groups in total. The molecule has 0 fully saturated rings. The van der Waals surface area contributed by atoms with Crippen LogP contribution in [0.2, 0.25) is 0 Å². The van der Waals surface area contributed by atoms with Crippen molar-refractivity contribution in [3.8, 4) is 0 Å². The van der Waals surface area contributed by atoms with Crippen molar-refractivity contribution in [2.45, 2.75) is 6.92 Å². The van der Waals surface area contributed by atoms with Gasteiger partial charge in [0.2, 0.25) is 0 Å². The Kier molecular flexibility index (Phi) is 6.01. The zero-order chi connectivity index (χ0) is 18.5. The van der Waals surface area contributed by atoms with Gasteiger partial charge in [-0.05, 0) is 67.6 Å². The number of aliphatic imine (C=N–C) groups is 1. The molecule has 0 aromatic heterocycles. The van der Waals surface area contributed by atoms with Gasteiger partial charge in [0.15, 0.2) is 0 Å². The van der Waals surface area contributed by atoms with Crippen molar-refractivity contribution in [1.29, 1.82) is 0 Å². The summed E-state index contributed by atoms with van der Waals surface area (Å²) in [5.74, 6) is -0.131. The number of halogens is 2. The maximum Gasteiger partial charge on any atom is 0.263 e. The first kappa shape index (κ1) is 18.5. The average molecular weight is 472 g/mol. The largest absolute Gasteiger partial charge is 0.268 e. The summed E-state index contributed by atoms with van der Waals surface area (Å²) in [5.41, 5.74) is 3.24. The summed E-state index contributed by atoms with van der Waals surface area (Å²) in [4.78, 5) is 19.0. The van der Waals surface area contributed by atoms with E-state index < -0.39 is 0 Å². The third-order valence-electron chi connectivity index (χ3n) is 3.77. The van der Waals surface area contributed by atoms with Crippen LogP contribution in [0.4, 0.5) is 11.4 Å². The molecule has 0 spiro atoms. The number of carbonyl (C=O) groups is 1. The van der Waals surface area contributed by atoms with Gasteiger partial charge < -0.3 is 0 Å². The Balaban J connectivity index is 1.95. The Labute approximate surface area is 169 Å². The summed E-state index contributed by atoms with van der Waals surface area (Å²) in [6.45, 7) is 2.00. The molecule has 3 nitrogen and oxygen atoms in total. The maximum atomic E-state index is 13.0. The SMILES string of the molecule is Cc1ccc(C(=O)N(C=Nc2ccc(Br)cc2)c2ccc(Br)cc2)cc1. The van der Waals surface area contributed by atoms with Gasteiger partial charge in [0.05, 0.1) is 11.4 Å². The maximum absolute atomic E-state index is 13.0. The van der Waals surface area contributed by atoms with Gasteiger partial charge in [0.25, 0.3) is 5.91 Å². The van der Waals surface area contributed by atoms with E-state index in [1.165, 1.54) is 0 Å². The number of hydrogen-bond donors (Lipinski definition) is 0. The summed E-state index contributed by atoms with van der Waals surface area (Å²) in [6.07, 6.45) is 1.56. The minimum absolute atomic E-state index is 0.131. The third kappa shape index (κ3) is 4.68. The van der Waals surface area contributed by atoms with E-state index in [0.29, 0.717) is 5.56 Å². The Morgan fingerprint density at radius 3 is 1.96 bits per heavy atom. The van der Waals surface area contributed by atoms with E-state index in [1.807, 2.05) is 79.7 Å². The highest BCUT2D eigenvalue weighted by atomic mass is 79.9. The summed E-state index contributed by atoms with van der Waals surface area (Å²) in [7, 11) is 0. The minimum Gasteiger partial charge on any atom is -0.268 e. The lowest BCUT2D eigenvalue weighted by atomic mass is 10.1. The lowest BCUT2D eigenvalue weighted by Gasteiger charge is -2.18. The van der Waals surface area contributed by atoms with Gasteiger partial charge in [-0.15, -0.1) is 0 Å². The number of carbonyl (C=O) groups excluding carboxylic acids is 1. The molecule has 0 saturated carbocycles. The normalized spacial score (nSPS) is 10.9. The molecule has 0 saturated heterocycles. The van der Waals surface area contributed by atoms with Crippen molar-refractivity contribution in [2.75, 3.05) is 4.90 Å². The number of benzene rings is 3. The number of rotatable bonds is 4. The molecule has 0 radical (unpaired) electrons. The summed E-state index contributed by atoms with van der Waals surface area (Å²) >= 11 is 6.83. The van der Waals surface area contributed by atoms with Gasteiger partial charge in [-0.3, -0.25) is 9.69 Å². The van der Waals surface area contributed by atoms with Crippen molar-refractivity contribution in [2.24, 2.45) is 4.99 Å². The fraction of sp³-hybridized carbons (Fsp3) is 0.0476. The van der Waals surface area contributed by atoms with Crippen LogP contribution in [0, 0.1) is 6.92 Å². The predicted molar refractivity (Wildman–Crippen MR) is 114 cm³/mol. The van der Waals surface area contributed by atoms with Crippen molar-refractivity contribution in [3.05, 3.63) is 92.9 Å². The molecule has 1 amide bonds. The van der Waals surface area contributed by atoms with Crippen LogP contribution in [0.3, 0.4) is 0 Å². The highest BCUT2D eigenvalue weighted by molar-refractivity contribution is 9.10. The first-order valence-electron chi connectivity index (χ1n) is 7.98. The molecule has 0 unspecified atom stereocenters. The Morgan fingerprint density at radius 1 is 0.846 bits per heavy atom. The quantitative estimate of drug-likeness (QED) is 0.314. The Hall–Kier alpha value is -2.24. The number of anilines is 1. The minimum atomic E-state index is -0.131. The molecular formula is C21H16Br2N2O. The van der Waals surface area contributed by atoms with Gasteiger partial charge in [-0.1, -0.05) is 49.6 Å². The van der Waals surface area contributed by atoms with Crippen LogP contribution in [-0.4, -0.2) is 12.2 Å². The molecule has 0 aliphatic heterocycles. The van der Waals surface area contributed by atoms with Gasteiger partial charge in [-0.25, -0.2) is 4.99 Å². The van der Waals surface area contributed by atoms with Crippen molar-refractivity contribution < 1.29 is 4.79 Å². The lowest BCUT2D eigenvalue weighted by molar-refractivity contribution is 0.100. The first-order valence-corrected chi connectivity index (χ1v) is 9.57. The highest BCUT2D eigenvalue weighted by Crippen LogP contribution is 2.21. The van der Waals surface area contributed by atoms with E-state index in [0.717, 1.165) is 25.9 Å². The fourth-order valence-corrected chi connectivity index (χ4v) is 2.85. The number of amides is 1. The molecule has 5 heteroatoms. The predicted octanol–water partition coefficient (Wildman–Crippen LogP) is 6.53. The van der Waals surface area contributed by atoms with Crippen LogP contribution in [0.5, 0.6) is 0 Å². The topological polar surface area (TPSA) is 32.7 Å². The standard InChI is InChI=1S/C21H16Br2N2O/c1-15-2-4-16(5-3-15)21(26)25(20-12-8-18(23)9-13-20)14-24-19-10-6-17(22)7-11-19/h2-14H,1H3. The fourth-order valence-electron chi connectivity index (χ4n) is 2.32. The molecule has 3 aromatic carbocycles. The summed E-state index contributed by atoms with van der Waals surface area (Å²) in [6, 6.07) is 22.7. The van der Waals surface area contributed by atoms with Crippen molar-refractivity contribution >= 4 is 55.5 Å². The second-order valence-corrected chi connectivity index (χ2v) is 7.57. The van der Waals surface area contributed by atoms with Crippen LogP contribution in [0.15, 0.2) is 86.7 Å². The van der Waals surface area contributed by atoms with E-state index in [1.54, 1.807) is 11.2 Å². The second-order valence-electron chi connectivity index (χ2n) is 5.74. The van der Waals surface area contributed by atoms with Gasteiger partial charge >= 0.3 is 0 Å². The smallest absolute Gasteiger partial charge is 0.263 e. The Bertz CT molecular complexity index is 918. The van der Waals surface area contributed by atoms with Gasteiger partial charge in [0, 0.05) is 14.5 Å². The highest BCUT2D eigenvalue weighted by Gasteiger charge is 2.16. The van der Waals surface area contributed by atoms with Crippen LogP contribution < -0.4 is 4.90 Å². The average Bonchev–Trinajstić information content (AvgIpc) is 2.65. The van der Waals surface area contributed by atoms with Crippen LogP contribution in [0.25, 0.3) is 0 Å². The van der Waals surface area contributed by atoms with Gasteiger partial charge in [-0.2, -0.15) is 0 Å². The Morgan fingerprint density at radius 2 is 1.38 bits per heavy atom. The summed E-state index contributed by atoms with van der Waals surface area (Å²) < 4.78 is 1.94. The molecule has 0 aliphatic carbocycles. The van der Waals surface area contributed by atoms with Crippen molar-refractivity contribution in [1.82, 2.24) is 0 Å². The zero-order valence-corrected chi connectivity index (χ0v) is 17.2. The third-order valence-corrected chi connectivity index (χ3v) is 4.83. The molecule has 130 valence electrons. The van der Waals surface area contributed by atoms with Gasteiger partial charge in [0.1, 0.15) is 6.34 Å². The van der Waals surface area contributed by atoms with Crippen molar-refractivity contribution in [3.63, 3.8) is 0 Å². The molecule has 0 atom stereocenters.